The Hall–Kier alpha value is -2.29. The van der Waals surface area contributed by atoms with Crippen LogP contribution in [0.3, 0.4) is 0 Å². The molecule has 3 nitrogen and oxygen atoms in total. The summed E-state index contributed by atoms with van der Waals surface area (Å²) in [5, 5.41) is 10.1. The molecule has 21 heavy (non-hydrogen) atoms. The molecule has 0 saturated carbocycles. The van der Waals surface area contributed by atoms with Gasteiger partial charge < -0.3 is 9.84 Å². The van der Waals surface area contributed by atoms with Crippen molar-refractivity contribution in [1.82, 2.24) is 0 Å². The van der Waals surface area contributed by atoms with Crippen LogP contribution in [-0.4, -0.2) is 16.5 Å². The van der Waals surface area contributed by atoms with E-state index in [2.05, 4.69) is 0 Å². The molecule has 3 heteroatoms. The molecule has 0 amide bonds. The highest BCUT2D eigenvalue weighted by molar-refractivity contribution is 6.10. The first-order valence-corrected chi connectivity index (χ1v) is 7.05. The Bertz CT molecular complexity index is 630. The van der Waals surface area contributed by atoms with Gasteiger partial charge >= 0.3 is 0 Å². The van der Waals surface area contributed by atoms with Crippen molar-refractivity contribution in [3.8, 4) is 11.5 Å². The molecule has 0 atom stereocenters. The van der Waals surface area contributed by atoms with E-state index in [0.29, 0.717) is 11.3 Å². The Labute approximate surface area is 125 Å². The van der Waals surface area contributed by atoms with Crippen LogP contribution in [-0.2, 0) is 0 Å². The second-order valence-corrected chi connectivity index (χ2v) is 5.59. The van der Waals surface area contributed by atoms with Gasteiger partial charge in [-0.25, -0.2) is 0 Å². The zero-order valence-electron chi connectivity index (χ0n) is 12.6. The highest BCUT2D eigenvalue weighted by Crippen LogP contribution is 2.28. The number of carbonyl (C=O) groups is 1. The molecule has 2 rings (SSSR count). The molecular weight excluding hydrogens is 264 g/mol. The standard InChI is InChI=1S/C18H20O3/c1-4-18(2,3)21-14-10-11-15(16(19)12-14)17(20)13-8-6-5-7-9-13/h5-12,19H,4H2,1-3H3. The van der Waals surface area contributed by atoms with Crippen LogP contribution in [0, 0.1) is 0 Å². The molecule has 0 aliphatic carbocycles. The summed E-state index contributed by atoms with van der Waals surface area (Å²) in [5.41, 5.74) is 0.524. The molecule has 2 aromatic carbocycles. The lowest BCUT2D eigenvalue weighted by molar-refractivity contribution is 0.103. The SMILES string of the molecule is CCC(C)(C)Oc1ccc(C(=O)c2ccccc2)c(O)c1. The smallest absolute Gasteiger partial charge is 0.196 e. The number of carbonyl (C=O) groups excluding carboxylic acids is 1. The van der Waals surface area contributed by atoms with Crippen LogP contribution in [0.4, 0.5) is 0 Å². The van der Waals surface area contributed by atoms with Crippen molar-refractivity contribution < 1.29 is 14.6 Å². The van der Waals surface area contributed by atoms with Gasteiger partial charge in [0.2, 0.25) is 0 Å². The predicted octanol–water partition coefficient (Wildman–Crippen LogP) is 4.19. The van der Waals surface area contributed by atoms with Crippen molar-refractivity contribution in [2.75, 3.05) is 0 Å². The zero-order valence-corrected chi connectivity index (χ0v) is 12.6. The number of phenols is 1. The summed E-state index contributed by atoms with van der Waals surface area (Å²) in [6.45, 7) is 5.99. The van der Waals surface area contributed by atoms with E-state index < -0.39 is 0 Å². The number of hydrogen-bond donors (Lipinski definition) is 1. The van der Waals surface area contributed by atoms with Crippen molar-refractivity contribution in [3.05, 3.63) is 59.7 Å². The average Bonchev–Trinajstić information content (AvgIpc) is 2.47. The Morgan fingerprint density at radius 2 is 1.81 bits per heavy atom. The van der Waals surface area contributed by atoms with Crippen molar-refractivity contribution in [2.45, 2.75) is 32.8 Å². The number of rotatable bonds is 5. The maximum Gasteiger partial charge on any atom is 0.196 e. The monoisotopic (exact) mass is 284 g/mol. The molecule has 0 radical (unpaired) electrons. The number of phenolic OH excluding ortho intramolecular Hbond substituents is 1. The van der Waals surface area contributed by atoms with Crippen LogP contribution in [0.15, 0.2) is 48.5 Å². The summed E-state index contributed by atoms with van der Waals surface area (Å²) in [6, 6.07) is 13.7. The van der Waals surface area contributed by atoms with E-state index in [-0.39, 0.29) is 22.7 Å². The summed E-state index contributed by atoms with van der Waals surface area (Å²) in [5.74, 6) is 0.298. The fourth-order valence-corrected chi connectivity index (χ4v) is 1.90. The Morgan fingerprint density at radius 3 is 2.38 bits per heavy atom. The minimum absolute atomic E-state index is 0.0618. The fourth-order valence-electron chi connectivity index (χ4n) is 1.90. The molecule has 0 aliphatic heterocycles. The van der Waals surface area contributed by atoms with Crippen LogP contribution >= 0.6 is 0 Å². The lowest BCUT2D eigenvalue weighted by Gasteiger charge is -2.25. The van der Waals surface area contributed by atoms with Crippen molar-refractivity contribution in [3.63, 3.8) is 0 Å². The fraction of sp³-hybridized carbons (Fsp3) is 0.278. The second-order valence-electron chi connectivity index (χ2n) is 5.59. The Morgan fingerprint density at radius 1 is 1.14 bits per heavy atom. The third-order valence-corrected chi connectivity index (χ3v) is 3.50. The molecule has 0 unspecified atom stereocenters. The van der Waals surface area contributed by atoms with E-state index in [4.69, 9.17) is 4.74 Å². The molecule has 0 fully saturated rings. The first-order valence-electron chi connectivity index (χ1n) is 7.05. The molecule has 0 bridgehead atoms. The lowest BCUT2D eigenvalue weighted by atomic mass is 10.0. The molecule has 0 heterocycles. The van der Waals surface area contributed by atoms with E-state index in [0.717, 1.165) is 6.42 Å². The van der Waals surface area contributed by atoms with Gasteiger partial charge in [-0.1, -0.05) is 37.3 Å². The topological polar surface area (TPSA) is 46.5 Å². The van der Waals surface area contributed by atoms with Gasteiger partial charge in [0.25, 0.3) is 0 Å². The van der Waals surface area contributed by atoms with Gasteiger partial charge in [-0.3, -0.25) is 4.79 Å². The number of aromatic hydroxyl groups is 1. The van der Waals surface area contributed by atoms with E-state index >= 15 is 0 Å². The lowest BCUT2D eigenvalue weighted by Crippen LogP contribution is -2.26. The van der Waals surface area contributed by atoms with E-state index in [1.165, 1.54) is 6.07 Å². The van der Waals surface area contributed by atoms with E-state index in [9.17, 15) is 9.90 Å². The van der Waals surface area contributed by atoms with Gasteiger partial charge in [0.15, 0.2) is 5.78 Å². The van der Waals surface area contributed by atoms with Gasteiger partial charge in [0.1, 0.15) is 17.1 Å². The molecule has 1 N–H and O–H groups in total. The quantitative estimate of drug-likeness (QED) is 0.837. The Balaban J connectivity index is 2.26. The third kappa shape index (κ3) is 3.63. The Kier molecular flexibility index (Phi) is 4.32. The van der Waals surface area contributed by atoms with Gasteiger partial charge in [-0.2, -0.15) is 0 Å². The summed E-state index contributed by atoms with van der Waals surface area (Å²) in [6.07, 6.45) is 0.846. The molecular formula is C18H20O3. The summed E-state index contributed by atoms with van der Waals surface area (Å²) < 4.78 is 5.80. The molecule has 0 aromatic heterocycles. The van der Waals surface area contributed by atoms with Crippen LogP contribution < -0.4 is 4.74 Å². The second kappa shape index (κ2) is 6.00. The molecule has 2 aromatic rings. The van der Waals surface area contributed by atoms with Crippen LogP contribution in [0.1, 0.15) is 43.1 Å². The van der Waals surface area contributed by atoms with Gasteiger partial charge in [0, 0.05) is 11.6 Å². The van der Waals surface area contributed by atoms with Crippen molar-refractivity contribution in [2.24, 2.45) is 0 Å². The first kappa shape index (κ1) is 15.1. The van der Waals surface area contributed by atoms with E-state index in [1.807, 2.05) is 26.8 Å². The van der Waals surface area contributed by atoms with Crippen molar-refractivity contribution in [1.29, 1.82) is 0 Å². The van der Waals surface area contributed by atoms with E-state index in [1.54, 1.807) is 36.4 Å². The molecule has 110 valence electrons. The zero-order chi connectivity index (χ0) is 15.5. The van der Waals surface area contributed by atoms with Gasteiger partial charge in [-0.05, 0) is 32.4 Å². The minimum atomic E-state index is -0.308. The van der Waals surface area contributed by atoms with Crippen LogP contribution in [0.5, 0.6) is 11.5 Å². The summed E-state index contributed by atoms with van der Waals surface area (Å²) in [7, 11) is 0. The molecule has 0 spiro atoms. The first-order chi connectivity index (χ1) is 9.93. The summed E-state index contributed by atoms with van der Waals surface area (Å²) >= 11 is 0. The predicted molar refractivity (Wildman–Crippen MR) is 83.0 cm³/mol. The maximum absolute atomic E-state index is 12.3. The third-order valence-electron chi connectivity index (χ3n) is 3.50. The highest BCUT2D eigenvalue weighted by Gasteiger charge is 2.19. The van der Waals surface area contributed by atoms with Gasteiger partial charge in [-0.15, -0.1) is 0 Å². The van der Waals surface area contributed by atoms with Crippen LogP contribution in [0.2, 0.25) is 0 Å². The molecule has 0 aliphatic rings. The number of ether oxygens (including phenoxy) is 1. The largest absolute Gasteiger partial charge is 0.507 e. The van der Waals surface area contributed by atoms with Gasteiger partial charge in [0.05, 0.1) is 5.56 Å². The normalized spacial score (nSPS) is 11.2. The highest BCUT2D eigenvalue weighted by atomic mass is 16.5. The minimum Gasteiger partial charge on any atom is -0.507 e. The molecule has 0 saturated heterocycles. The number of benzene rings is 2. The van der Waals surface area contributed by atoms with Crippen molar-refractivity contribution >= 4 is 5.78 Å². The average molecular weight is 284 g/mol. The summed E-state index contributed by atoms with van der Waals surface area (Å²) in [4.78, 5) is 12.3. The maximum atomic E-state index is 12.3. The number of ketones is 1. The number of hydrogen-bond acceptors (Lipinski definition) is 3. The van der Waals surface area contributed by atoms with Crippen LogP contribution in [0.25, 0.3) is 0 Å².